The number of hydrogen-bond acceptors (Lipinski definition) is 3. The van der Waals surface area contributed by atoms with E-state index < -0.39 is 0 Å². The summed E-state index contributed by atoms with van der Waals surface area (Å²) in [5.41, 5.74) is 3.61. The molecule has 0 unspecified atom stereocenters. The standard InChI is InChI=1S/C20H23BrN2O2S/c1-12(2)11-25-18-8-6-15(10-16(18)21)19(24)23-20(26)22-17-7-5-13(3)9-14(17)4/h5-10,12H,11H2,1-4H3,(H2,22,23,24,26). The molecule has 0 aliphatic heterocycles. The molecule has 0 radical (unpaired) electrons. The van der Waals surface area contributed by atoms with E-state index in [0.717, 1.165) is 15.7 Å². The number of nitrogens with one attached hydrogen (secondary N) is 2. The van der Waals surface area contributed by atoms with Crippen molar-refractivity contribution in [3.63, 3.8) is 0 Å². The molecule has 2 N–H and O–H groups in total. The predicted octanol–water partition coefficient (Wildman–Crippen LogP) is 5.23. The van der Waals surface area contributed by atoms with Gasteiger partial charge in [-0.2, -0.15) is 0 Å². The summed E-state index contributed by atoms with van der Waals surface area (Å²) in [7, 11) is 0. The fourth-order valence-corrected chi connectivity index (χ4v) is 2.99. The van der Waals surface area contributed by atoms with Crippen molar-refractivity contribution in [3.8, 4) is 5.75 Å². The number of rotatable bonds is 5. The first-order valence-corrected chi connectivity index (χ1v) is 9.58. The molecule has 0 saturated heterocycles. The number of anilines is 1. The highest BCUT2D eigenvalue weighted by atomic mass is 79.9. The number of aryl methyl sites for hydroxylation is 2. The summed E-state index contributed by atoms with van der Waals surface area (Å²) in [4.78, 5) is 12.4. The van der Waals surface area contributed by atoms with Crippen LogP contribution >= 0.6 is 28.1 Å². The third-order valence-corrected chi connectivity index (χ3v) is 4.45. The molecule has 0 bridgehead atoms. The van der Waals surface area contributed by atoms with Crippen LogP contribution in [-0.2, 0) is 0 Å². The predicted molar refractivity (Wildman–Crippen MR) is 114 cm³/mol. The fraction of sp³-hybridized carbons (Fsp3) is 0.300. The van der Waals surface area contributed by atoms with E-state index in [2.05, 4.69) is 46.5 Å². The first-order valence-electron chi connectivity index (χ1n) is 8.38. The zero-order valence-electron chi connectivity index (χ0n) is 15.4. The first kappa shape index (κ1) is 20.4. The van der Waals surface area contributed by atoms with Crippen molar-refractivity contribution in [2.45, 2.75) is 27.7 Å². The lowest BCUT2D eigenvalue weighted by atomic mass is 10.1. The van der Waals surface area contributed by atoms with E-state index in [1.54, 1.807) is 18.2 Å². The third-order valence-electron chi connectivity index (χ3n) is 3.62. The van der Waals surface area contributed by atoms with E-state index in [9.17, 15) is 4.79 Å². The van der Waals surface area contributed by atoms with Crippen LogP contribution in [0.4, 0.5) is 5.69 Å². The van der Waals surface area contributed by atoms with Crippen molar-refractivity contribution in [3.05, 3.63) is 57.6 Å². The average Bonchev–Trinajstić information content (AvgIpc) is 2.56. The molecule has 0 heterocycles. The van der Waals surface area contributed by atoms with Gasteiger partial charge < -0.3 is 10.1 Å². The maximum Gasteiger partial charge on any atom is 0.257 e. The Morgan fingerprint density at radius 1 is 1.19 bits per heavy atom. The molecule has 2 rings (SSSR count). The van der Waals surface area contributed by atoms with Gasteiger partial charge in [0.1, 0.15) is 5.75 Å². The molecule has 26 heavy (non-hydrogen) atoms. The lowest BCUT2D eigenvalue weighted by molar-refractivity contribution is 0.0977. The van der Waals surface area contributed by atoms with Crippen LogP contribution in [-0.4, -0.2) is 17.6 Å². The van der Waals surface area contributed by atoms with Gasteiger partial charge in [0.15, 0.2) is 5.11 Å². The number of hydrogen-bond donors (Lipinski definition) is 2. The Morgan fingerprint density at radius 3 is 2.54 bits per heavy atom. The van der Waals surface area contributed by atoms with Gasteiger partial charge in [0.2, 0.25) is 0 Å². The molecule has 0 aliphatic rings. The molecular weight excluding hydrogens is 412 g/mol. The summed E-state index contributed by atoms with van der Waals surface area (Å²) in [6.07, 6.45) is 0. The minimum atomic E-state index is -0.275. The highest BCUT2D eigenvalue weighted by Gasteiger charge is 2.12. The Labute approximate surface area is 168 Å². The number of benzene rings is 2. The van der Waals surface area contributed by atoms with Crippen LogP contribution in [0.25, 0.3) is 0 Å². The SMILES string of the molecule is Cc1ccc(NC(=S)NC(=O)c2ccc(OCC(C)C)c(Br)c2)c(C)c1. The van der Waals surface area contributed by atoms with Gasteiger partial charge in [0, 0.05) is 11.3 Å². The number of ether oxygens (including phenoxy) is 1. The Kier molecular flexibility index (Phi) is 7.17. The van der Waals surface area contributed by atoms with Gasteiger partial charge >= 0.3 is 0 Å². The summed E-state index contributed by atoms with van der Waals surface area (Å²) < 4.78 is 6.43. The van der Waals surface area contributed by atoms with E-state index in [1.165, 1.54) is 5.56 Å². The molecule has 4 nitrogen and oxygen atoms in total. The largest absolute Gasteiger partial charge is 0.492 e. The van der Waals surface area contributed by atoms with Crippen LogP contribution in [0, 0.1) is 19.8 Å². The van der Waals surface area contributed by atoms with E-state index in [4.69, 9.17) is 17.0 Å². The van der Waals surface area contributed by atoms with E-state index in [0.29, 0.717) is 23.8 Å². The van der Waals surface area contributed by atoms with Crippen molar-refractivity contribution in [2.24, 2.45) is 5.92 Å². The quantitative estimate of drug-likeness (QED) is 0.632. The normalized spacial score (nSPS) is 10.5. The average molecular weight is 435 g/mol. The van der Waals surface area contributed by atoms with Gasteiger partial charge in [-0.25, -0.2) is 0 Å². The van der Waals surface area contributed by atoms with Crippen LogP contribution < -0.4 is 15.4 Å². The highest BCUT2D eigenvalue weighted by molar-refractivity contribution is 9.10. The molecule has 0 aromatic heterocycles. The monoisotopic (exact) mass is 434 g/mol. The Bertz CT molecular complexity index is 821. The maximum absolute atomic E-state index is 12.4. The molecule has 0 spiro atoms. The number of carbonyl (C=O) groups is 1. The Hall–Kier alpha value is -1.92. The topological polar surface area (TPSA) is 50.4 Å². The Balaban J connectivity index is 2.00. The minimum absolute atomic E-state index is 0.262. The fourth-order valence-electron chi connectivity index (χ4n) is 2.30. The number of halogens is 1. The van der Waals surface area contributed by atoms with E-state index in [1.807, 2.05) is 26.0 Å². The van der Waals surface area contributed by atoms with Gasteiger partial charge in [-0.15, -0.1) is 0 Å². The smallest absolute Gasteiger partial charge is 0.257 e. The van der Waals surface area contributed by atoms with Crippen LogP contribution in [0.2, 0.25) is 0 Å². The molecule has 2 aromatic rings. The molecule has 0 aliphatic carbocycles. The Morgan fingerprint density at radius 2 is 1.92 bits per heavy atom. The van der Waals surface area contributed by atoms with Crippen molar-refractivity contribution >= 4 is 44.9 Å². The summed E-state index contributed by atoms with van der Waals surface area (Å²) in [6.45, 7) is 8.81. The van der Waals surface area contributed by atoms with Crippen LogP contribution in [0.15, 0.2) is 40.9 Å². The van der Waals surface area contributed by atoms with E-state index >= 15 is 0 Å². The van der Waals surface area contributed by atoms with Crippen LogP contribution in [0.1, 0.15) is 35.3 Å². The van der Waals surface area contributed by atoms with Crippen molar-refractivity contribution in [1.82, 2.24) is 5.32 Å². The molecule has 138 valence electrons. The van der Waals surface area contributed by atoms with Crippen molar-refractivity contribution in [2.75, 3.05) is 11.9 Å². The van der Waals surface area contributed by atoms with E-state index in [-0.39, 0.29) is 11.0 Å². The van der Waals surface area contributed by atoms with Gasteiger partial charge in [0.05, 0.1) is 11.1 Å². The number of thiocarbonyl (C=S) groups is 1. The second-order valence-corrected chi connectivity index (χ2v) is 7.84. The lowest BCUT2D eigenvalue weighted by Crippen LogP contribution is -2.34. The molecular formula is C20H23BrN2O2S. The second kappa shape index (κ2) is 9.14. The summed E-state index contributed by atoms with van der Waals surface area (Å²) in [5, 5.41) is 6.03. The van der Waals surface area contributed by atoms with Gasteiger partial charge in [-0.3, -0.25) is 10.1 Å². The molecule has 2 aromatic carbocycles. The van der Waals surface area contributed by atoms with Crippen LogP contribution in [0.5, 0.6) is 5.75 Å². The van der Waals surface area contributed by atoms with Gasteiger partial charge in [0.25, 0.3) is 5.91 Å². The molecule has 6 heteroatoms. The lowest BCUT2D eigenvalue weighted by Gasteiger charge is -2.13. The molecule has 0 saturated carbocycles. The van der Waals surface area contributed by atoms with Crippen molar-refractivity contribution in [1.29, 1.82) is 0 Å². The summed E-state index contributed by atoms with van der Waals surface area (Å²) in [6, 6.07) is 11.2. The number of carbonyl (C=O) groups excluding carboxylic acids is 1. The first-order chi connectivity index (χ1) is 12.3. The maximum atomic E-state index is 12.4. The highest BCUT2D eigenvalue weighted by Crippen LogP contribution is 2.26. The minimum Gasteiger partial charge on any atom is -0.492 e. The molecule has 0 atom stereocenters. The molecule has 0 fully saturated rings. The second-order valence-electron chi connectivity index (χ2n) is 6.58. The zero-order chi connectivity index (χ0) is 19.3. The van der Waals surface area contributed by atoms with Crippen LogP contribution in [0.3, 0.4) is 0 Å². The summed E-state index contributed by atoms with van der Waals surface area (Å²) >= 11 is 8.70. The van der Waals surface area contributed by atoms with Gasteiger partial charge in [-0.1, -0.05) is 31.5 Å². The number of amides is 1. The third kappa shape index (κ3) is 5.81. The van der Waals surface area contributed by atoms with Crippen molar-refractivity contribution < 1.29 is 9.53 Å². The molecule has 1 amide bonds. The van der Waals surface area contributed by atoms with Gasteiger partial charge in [-0.05, 0) is 77.7 Å². The zero-order valence-corrected chi connectivity index (χ0v) is 17.8. The summed E-state index contributed by atoms with van der Waals surface area (Å²) in [5.74, 6) is 0.869.